The Morgan fingerprint density at radius 2 is 2.29 bits per heavy atom. The van der Waals surface area contributed by atoms with Crippen molar-refractivity contribution in [3.8, 4) is 0 Å². The molecule has 0 fully saturated rings. The van der Waals surface area contributed by atoms with Crippen LogP contribution >= 0.6 is 12.6 Å². The maximum atomic E-state index is 7.29. The van der Waals surface area contributed by atoms with Gasteiger partial charge < -0.3 is 5.32 Å². The monoisotopic (exact) mass is 207 g/mol. The van der Waals surface area contributed by atoms with Gasteiger partial charge in [0.1, 0.15) is 6.17 Å². The predicted molar refractivity (Wildman–Crippen MR) is 60.7 cm³/mol. The van der Waals surface area contributed by atoms with Crippen LogP contribution in [-0.2, 0) is 6.42 Å². The van der Waals surface area contributed by atoms with Gasteiger partial charge in [-0.3, -0.25) is 10.7 Å². The number of fused-ring (bicyclic) bond motifs is 1. The predicted octanol–water partition coefficient (Wildman–Crippen LogP) is 1.29. The minimum absolute atomic E-state index is 0.0324. The zero-order valence-electron chi connectivity index (χ0n) is 7.75. The van der Waals surface area contributed by atoms with Crippen LogP contribution in [0.4, 0.5) is 0 Å². The van der Waals surface area contributed by atoms with Crippen molar-refractivity contribution >= 4 is 17.8 Å². The summed E-state index contributed by atoms with van der Waals surface area (Å²) in [6, 6.07) is 8.28. The molecule has 0 saturated carbocycles. The van der Waals surface area contributed by atoms with Gasteiger partial charge in [-0.05, 0) is 17.5 Å². The van der Waals surface area contributed by atoms with Gasteiger partial charge in [0.05, 0.1) is 0 Å². The second-order valence-electron chi connectivity index (χ2n) is 3.33. The highest BCUT2D eigenvalue weighted by molar-refractivity contribution is 7.96. The maximum Gasteiger partial charge on any atom is 0.152 e. The molecule has 0 radical (unpaired) electrons. The Morgan fingerprint density at radius 3 is 3.07 bits per heavy atom. The van der Waals surface area contributed by atoms with Gasteiger partial charge in [-0.2, -0.15) is 0 Å². The third kappa shape index (κ3) is 1.91. The van der Waals surface area contributed by atoms with E-state index in [0.29, 0.717) is 0 Å². The van der Waals surface area contributed by atoms with Crippen molar-refractivity contribution in [2.24, 2.45) is 0 Å². The molecule has 1 heterocycles. The van der Waals surface area contributed by atoms with E-state index in [9.17, 15) is 0 Å². The minimum Gasteiger partial charge on any atom is -0.346 e. The highest BCUT2D eigenvalue weighted by Gasteiger charge is 2.18. The second-order valence-corrected chi connectivity index (χ2v) is 3.78. The molecule has 14 heavy (non-hydrogen) atoms. The summed E-state index contributed by atoms with van der Waals surface area (Å²) in [6.45, 7) is 0.940. The first kappa shape index (κ1) is 9.55. The zero-order chi connectivity index (χ0) is 9.97. The maximum absolute atomic E-state index is 7.29. The van der Waals surface area contributed by atoms with E-state index >= 15 is 0 Å². The summed E-state index contributed by atoms with van der Waals surface area (Å²) in [5, 5.41) is 13.8. The Hall–Kier alpha value is -1.00. The number of hydrogen-bond donors (Lipinski definition) is 4. The van der Waals surface area contributed by atoms with Crippen LogP contribution in [0.5, 0.6) is 0 Å². The smallest absolute Gasteiger partial charge is 0.152 e. The van der Waals surface area contributed by atoms with E-state index in [1.54, 1.807) is 0 Å². The van der Waals surface area contributed by atoms with Gasteiger partial charge in [-0.1, -0.05) is 24.3 Å². The lowest BCUT2D eigenvalue weighted by Gasteiger charge is -2.27. The van der Waals surface area contributed by atoms with Crippen molar-refractivity contribution in [1.29, 1.82) is 5.41 Å². The number of rotatable bonds is 1. The standard InChI is InChI=1S/C10H13N3S/c11-10(14)13-9-8-4-2-1-3-7(8)5-6-12-9/h1-4,9,12H,5-6H2,(H3,11,13,14). The van der Waals surface area contributed by atoms with Crippen LogP contribution in [0.2, 0.25) is 0 Å². The molecule has 0 aliphatic carbocycles. The van der Waals surface area contributed by atoms with Crippen molar-refractivity contribution in [1.82, 2.24) is 10.6 Å². The van der Waals surface area contributed by atoms with E-state index < -0.39 is 0 Å². The van der Waals surface area contributed by atoms with Crippen molar-refractivity contribution in [2.45, 2.75) is 12.6 Å². The summed E-state index contributed by atoms with van der Waals surface area (Å²) >= 11 is 3.93. The van der Waals surface area contributed by atoms with Crippen molar-refractivity contribution < 1.29 is 0 Å². The molecule has 3 nitrogen and oxygen atoms in total. The number of nitrogens with one attached hydrogen (secondary N) is 3. The fourth-order valence-electron chi connectivity index (χ4n) is 1.77. The topological polar surface area (TPSA) is 47.9 Å². The van der Waals surface area contributed by atoms with Crippen LogP contribution in [0.3, 0.4) is 0 Å². The SMILES string of the molecule is N=C(S)NC1NCCc2ccccc21. The van der Waals surface area contributed by atoms with Gasteiger partial charge in [-0.15, -0.1) is 12.6 Å². The summed E-state index contributed by atoms with van der Waals surface area (Å²) in [5.41, 5.74) is 2.57. The molecule has 1 unspecified atom stereocenters. The zero-order valence-corrected chi connectivity index (χ0v) is 8.64. The largest absolute Gasteiger partial charge is 0.346 e. The number of amidine groups is 1. The lowest BCUT2D eigenvalue weighted by Crippen LogP contribution is -2.40. The van der Waals surface area contributed by atoms with Crippen molar-refractivity contribution in [3.05, 3.63) is 35.4 Å². The summed E-state index contributed by atoms with van der Waals surface area (Å²) in [6.07, 6.45) is 1.08. The highest BCUT2D eigenvalue weighted by atomic mass is 32.1. The number of thiol groups is 1. The third-order valence-electron chi connectivity index (χ3n) is 2.39. The quantitative estimate of drug-likeness (QED) is 0.318. The van der Waals surface area contributed by atoms with Crippen LogP contribution in [-0.4, -0.2) is 11.7 Å². The van der Waals surface area contributed by atoms with Crippen LogP contribution < -0.4 is 10.6 Å². The average Bonchev–Trinajstić information content (AvgIpc) is 2.18. The molecule has 1 aromatic rings. The van der Waals surface area contributed by atoms with E-state index in [1.807, 2.05) is 12.1 Å². The van der Waals surface area contributed by atoms with E-state index in [0.717, 1.165) is 13.0 Å². The van der Waals surface area contributed by atoms with Gasteiger partial charge in [0.25, 0.3) is 0 Å². The van der Waals surface area contributed by atoms with Crippen molar-refractivity contribution in [3.63, 3.8) is 0 Å². The van der Waals surface area contributed by atoms with E-state index in [1.165, 1.54) is 11.1 Å². The molecule has 0 bridgehead atoms. The van der Waals surface area contributed by atoms with Gasteiger partial charge >= 0.3 is 0 Å². The van der Waals surface area contributed by atoms with Gasteiger partial charge in [0, 0.05) is 6.54 Å². The van der Waals surface area contributed by atoms with Crippen LogP contribution in [0.15, 0.2) is 24.3 Å². The number of hydrogen-bond acceptors (Lipinski definition) is 2. The molecule has 3 N–H and O–H groups in total. The lowest BCUT2D eigenvalue weighted by molar-refractivity contribution is 0.481. The first-order valence-corrected chi connectivity index (χ1v) is 5.07. The molecule has 1 atom stereocenters. The van der Waals surface area contributed by atoms with Gasteiger partial charge in [0.15, 0.2) is 5.17 Å². The van der Waals surface area contributed by atoms with Crippen LogP contribution in [0.25, 0.3) is 0 Å². The molecule has 0 saturated heterocycles. The molecule has 4 heteroatoms. The lowest BCUT2D eigenvalue weighted by atomic mass is 9.99. The average molecular weight is 207 g/mol. The molecular weight excluding hydrogens is 194 g/mol. The number of benzene rings is 1. The highest BCUT2D eigenvalue weighted by Crippen LogP contribution is 2.20. The summed E-state index contributed by atoms with van der Waals surface area (Å²) in [5.74, 6) is 0. The molecule has 0 aromatic heterocycles. The normalized spacial score (nSPS) is 19.9. The molecule has 2 rings (SSSR count). The molecule has 74 valence electrons. The van der Waals surface area contributed by atoms with E-state index in [4.69, 9.17) is 5.41 Å². The van der Waals surface area contributed by atoms with E-state index in [2.05, 4.69) is 35.4 Å². The van der Waals surface area contributed by atoms with Gasteiger partial charge in [0.2, 0.25) is 0 Å². The minimum atomic E-state index is 0.0324. The summed E-state index contributed by atoms with van der Waals surface area (Å²) in [7, 11) is 0. The Kier molecular flexibility index (Phi) is 2.74. The molecule has 1 aliphatic heterocycles. The Balaban J connectivity index is 2.26. The van der Waals surface area contributed by atoms with Crippen LogP contribution in [0.1, 0.15) is 17.3 Å². The Morgan fingerprint density at radius 1 is 1.50 bits per heavy atom. The first-order chi connectivity index (χ1) is 6.77. The molecule has 1 aromatic carbocycles. The van der Waals surface area contributed by atoms with Crippen molar-refractivity contribution in [2.75, 3.05) is 6.54 Å². The van der Waals surface area contributed by atoms with Crippen LogP contribution in [0, 0.1) is 5.41 Å². The summed E-state index contributed by atoms with van der Waals surface area (Å²) < 4.78 is 0. The van der Waals surface area contributed by atoms with E-state index in [-0.39, 0.29) is 11.3 Å². The van der Waals surface area contributed by atoms with Gasteiger partial charge in [-0.25, -0.2) is 0 Å². The molecule has 0 amide bonds. The Bertz CT molecular complexity index is 351. The molecular formula is C10H13N3S. The fraction of sp³-hybridized carbons (Fsp3) is 0.300. The second kappa shape index (κ2) is 4.02. The molecule has 1 aliphatic rings. The fourth-order valence-corrected chi connectivity index (χ4v) is 1.90. The first-order valence-electron chi connectivity index (χ1n) is 4.62. The third-order valence-corrected chi connectivity index (χ3v) is 2.52. The summed E-state index contributed by atoms with van der Waals surface area (Å²) in [4.78, 5) is 0. The Labute approximate surface area is 88.8 Å². The molecule has 0 spiro atoms.